The number of aliphatic hydroxyl groups is 1. The molecule has 14 heavy (non-hydrogen) atoms. The van der Waals surface area contributed by atoms with Crippen LogP contribution in [0.5, 0.6) is 0 Å². The first-order chi connectivity index (χ1) is 6.72. The van der Waals surface area contributed by atoms with Crippen molar-refractivity contribution in [2.75, 3.05) is 7.05 Å². The van der Waals surface area contributed by atoms with Crippen LogP contribution in [0.25, 0.3) is 11.0 Å². The minimum absolute atomic E-state index is 0.624. The molecular formula is C10H13N3O. The summed E-state index contributed by atoms with van der Waals surface area (Å²) in [5.41, 5.74) is 2.80. The zero-order chi connectivity index (χ0) is 10.1. The molecule has 0 radical (unpaired) electrons. The summed E-state index contributed by atoms with van der Waals surface area (Å²) in [7, 11) is 3.66. The second kappa shape index (κ2) is 3.40. The minimum Gasteiger partial charge on any atom is -0.374 e. The van der Waals surface area contributed by atoms with Crippen molar-refractivity contribution in [1.82, 2.24) is 14.9 Å². The maximum atomic E-state index is 9.55. The average Bonchev–Trinajstić information content (AvgIpc) is 2.59. The Kier molecular flexibility index (Phi) is 2.23. The molecule has 0 bridgehead atoms. The second-order valence-corrected chi connectivity index (χ2v) is 3.29. The molecule has 2 rings (SSSR count). The van der Waals surface area contributed by atoms with Gasteiger partial charge in [-0.15, -0.1) is 0 Å². The number of nitrogens with zero attached hydrogens (tertiary/aromatic N) is 2. The van der Waals surface area contributed by atoms with Crippen LogP contribution in [0.3, 0.4) is 0 Å². The molecule has 2 aromatic rings. The molecule has 1 aromatic carbocycles. The molecule has 0 fully saturated rings. The monoisotopic (exact) mass is 191 g/mol. The van der Waals surface area contributed by atoms with Crippen LogP contribution in [0.15, 0.2) is 24.5 Å². The molecule has 0 spiro atoms. The van der Waals surface area contributed by atoms with Crippen LogP contribution in [0.1, 0.15) is 11.8 Å². The average molecular weight is 191 g/mol. The van der Waals surface area contributed by atoms with Gasteiger partial charge in [0.05, 0.1) is 17.4 Å². The number of benzene rings is 1. The van der Waals surface area contributed by atoms with E-state index in [0.717, 1.165) is 16.6 Å². The lowest BCUT2D eigenvalue weighted by Crippen LogP contribution is -2.14. The van der Waals surface area contributed by atoms with E-state index in [2.05, 4.69) is 10.3 Å². The van der Waals surface area contributed by atoms with Crippen molar-refractivity contribution in [1.29, 1.82) is 0 Å². The van der Waals surface area contributed by atoms with Crippen molar-refractivity contribution in [2.24, 2.45) is 7.05 Å². The first-order valence-electron chi connectivity index (χ1n) is 4.48. The Morgan fingerprint density at radius 1 is 1.50 bits per heavy atom. The molecule has 0 amide bonds. The van der Waals surface area contributed by atoms with Crippen LogP contribution < -0.4 is 5.32 Å². The molecule has 0 aliphatic carbocycles. The number of fused-ring (bicyclic) bond motifs is 1. The third-order valence-corrected chi connectivity index (χ3v) is 2.34. The fraction of sp³-hybridized carbons (Fsp3) is 0.300. The minimum atomic E-state index is -0.624. The first-order valence-corrected chi connectivity index (χ1v) is 4.48. The molecule has 0 saturated carbocycles. The zero-order valence-electron chi connectivity index (χ0n) is 8.23. The van der Waals surface area contributed by atoms with E-state index >= 15 is 0 Å². The molecule has 0 saturated heterocycles. The predicted molar refractivity (Wildman–Crippen MR) is 54.7 cm³/mol. The number of imidazole rings is 1. The number of aromatic nitrogens is 2. The summed E-state index contributed by atoms with van der Waals surface area (Å²) < 4.78 is 1.95. The van der Waals surface area contributed by atoms with Gasteiger partial charge in [0, 0.05) is 7.05 Å². The fourth-order valence-electron chi connectivity index (χ4n) is 1.49. The van der Waals surface area contributed by atoms with Crippen LogP contribution in [-0.4, -0.2) is 21.7 Å². The number of rotatable bonds is 2. The van der Waals surface area contributed by atoms with E-state index in [1.807, 2.05) is 29.8 Å². The lowest BCUT2D eigenvalue weighted by atomic mass is 10.2. The standard InChI is InChI=1S/C10H13N3O/c1-11-10(14)7-3-4-9-8(5-7)12-6-13(9)2/h3-6,10-11,14H,1-2H3. The van der Waals surface area contributed by atoms with Crippen LogP contribution in [-0.2, 0) is 7.05 Å². The molecule has 2 N–H and O–H groups in total. The smallest absolute Gasteiger partial charge is 0.130 e. The molecular weight excluding hydrogens is 178 g/mol. The van der Waals surface area contributed by atoms with Crippen molar-refractivity contribution < 1.29 is 5.11 Å². The lowest BCUT2D eigenvalue weighted by molar-refractivity contribution is 0.149. The van der Waals surface area contributed by atoms with Gasteiger partial charge in [0.1, 0.15) is 6.23 Å². The molecule has 74 valence electrons. The van der Waals surface area contributed by atoms with Crippen LogP contribution in [0.2, 0.25) is 0 Å². The normalized spacial score (nSPS) is 13.4. The Hall–Kier alpha value is -1.39. The van der Waals surface area contributed by atoms with Crippen molar-refractivity contribution in [3.8, 4) is 0 Å². The molecule has 4 nitrogen and oxygen atoms in total. The van der Waals surface area contributed by atoms with Crippen molar-refractivity contribution in [3.63, 3.8) is 0 Å². The van der Waals surface area contributed by atoms with E-state index < -0.39 is 6.23 Å². The quantitative estimate of drug-likeness (QED) is 0.690. The number of hydrogen-bond acceptors (Lipinski definition) is 3. The van der Waals surface area contributed by atoms with Crippen LogP contribution in [0.4, 0.5) is 0 Å². The van der Waals surface area contributed by atoms with Gasteiger partial charge in [-0.05, 0) is 24.7 Å². The number of aryl methyl sites for hydroxylation is 1. The van der Waals surface area contributed by atoms with E-state index in [4.69, 9.17) is 0 Å². The summed E-state index contributed by atoms with van der Waals surface area (Å²) in [5, 5.41) is 12.3. The third-order valence-electron chi connectivity index (χ3n) is 2.34. The van der Waals surface area contributed by atoms with Gasteiger partial charge in [-0.3, -0.25) is 5.32 Å². The number of hydrogen-bond donors (Lipinski definition) is 2. The third kappa shape index (κ3) is 1.38. The lowest BCUT2D eigenvalue weighted by Gasteiger charge is -2.08. The highest BCUT2D eigenvalue weighted by Crippen LogP contribution is 2.17. The summed E-state index contributed by atoms with van der Waals surface area (Å²) in [6.07, 6.45) is 1.14. The van der Waals surface area contributed by atoms with Gasteiger partial charge < -0.3 is 9.67 Å². The fourth-order valence-corrected chi connectivity index (χ4v) is 1.49. The van der Waals surface area contributed by atoms with Gasteiger partial charge >= 0.3 is 0 Å². The number of nitrogens with one attached hydrogen (secondary N) is 1. The van der Waals surface area contributed by atoms with E-state index in [1.165, 1.54) is 0 Å². The molecule has 1 aromatic heterocycles. The second-order valence-electron chi connectivity index (χ2n) is 3.29. The van der Waals surface area contributed by atoms with E-state index in [0.29, 0.717) is 0 Å². The Labute approximate surface area is 82.2 Å². The Morgan fingerprint density at radius 2 is 2.29 bits per heavy atom. The van der Waals surface area contributed by atoms with Crippen LogP contribution in [0, 0.1) is 0 Å². The highest BCUT2D eigenvalue weighted by atomic mass is 16.3. The predicted octanol–water partition coefficient (Wildman–Crippen LogP) is 0.784. The summed E-state index contributed by atoms with van der Waals surface area (Å²) in [5.74, 6) is 0. The number of aliphatic hydroxyl groups excluding tert-OH is 1. The SMILES string of the molecule is CNC(O)c1ccc2c(c1)ncn2C. The van der Waals surface area contributed by atoms with E-state index in [-0.39, 0.29) is 0 Å². The molecule has 4 heteroatoms. The topological polar surface area (TPSA) is 50.1 Å². The van der Waals surface area contributed by atoms with Crippen molar-refractivity contribution in [3.05, 3.63) is 30.1 Å². The molecule has 0 aliphatic rings. The van der Waals surface area contributed by atoms with E-state index in [9.17, 15) is 5.11 Å². The van der Waals surface area contributed by atoms with Gasteiger partial charge in [-0.2, -0.15) is 0 Å². The van der Waals surface area contributed by atoms with Gasteiger partial charge in [-0.25, -0.2) is 4.98 Å². The summed E-state index contributed by atoms with van der Waals surface area (Å²) in [6.45, 7) is 0. The maximum absolute atomic E-state index is 9.55. The molecule has 1 heterocycles. The highest BCUT2D eigenvalue weighted by Gasteiger charge is 2.06. The molecule has 1 atom stereocenters. The zero-order valence-corrected chi connectivity index (χ0v) is 8.23. The van der Waals surface area contributed by atoms with Crippen molar-refractivity contribution in [2.45, 2.75) is 6.23 Å². The maximum Gasteiger partial charge on any atom is 0.130 e. The Bertz CT molecular complexity index is 450. The molecule has 1 unspecified atom stereocenters. The van der Waals surface area contributed by atoms with Gasteiger partial charge in [-0.1, -0.05) is 6.07 Å². The van der Waals surface area contributed by atoms with Crippen molar-refractivity contribution >= 4 is 11.0 Å². The summed E-state index contributed by atoms with van der Waals surface area (Å²) >= 11 is 0. The van der Waals surface area contributed by atoms with Crippen LogP contribution >= 0.6 is 0 Å². The van der Waals surface area contributed by atoms with E-state index in [1.54, 1.807) is 13.4 Å². The van der Waals surface area contributed by atoms with Gasteiger partial charge in [0.25, 0.3) is 0 Å². The highest BCUT2D eigenvalue weighted by molar-refractivity contribution is 5.76. The summed E-state index contributed by atoms with van der Waals surface area (Å²) in [4.78, 5) is 4.22. The van der Waals surface area contributed by atoms with Gasteiger partial charge in [0.2, 0.25) is 0 Å². The Morgan fingerprint density at radius 3 is 3.00 bits per heavy atom. The first kappa shape index (κ1) is 9.18. The van der Waals surface area contributed by atoms with Gasteiger partial charge in [0.15, 0.2) is 0 Å². The summed E-state index contributed by atoms with van der Waals surface area (Å²) in [6, 6.07) is 5.74. The molecule has 0 aliphatic heterocycles. The Balaban J connectivity index is 2.52. The largest absolute Gasteiger partial charge is 0.374 e.